The summed E-state index contributed by atoms with van der Waals surface area (Å²) >= 11 is 0. The van der Waals surface area contributed by atoms with Crippen LogP contribution in [0.2, 0.25) is 0 Å². The Labute approximate surface area is 228 Å². The first-order valence-corrected chi connectivity index (χ1v) is 15.9. The van der Waals surface area contributed by atoms with E-state index in [2.05, 4.69) is 13.8 Å². The monoisotopic (exact) mass is 524 g/mol. The Hall–Kier alpha value is -1.39. The molecule has 0 aliphatic heterocycles. The van der Waals surface area contributed by atoms with Gasteiger partial charge >= 0.3 is 11.9 Å². The Bertz CT molecular complexity index is 529. The van der Waals surface area contributed by atoms with Crippen LogP contribution in [0.25, 0.3) is 0 Å². The molecule has 0 saturated carbocycles. The summed E-state index contributed by atoms with van der Waals surface area (Å²) in [6.07, 6.45) is 26.4. The minimum Gasteiger partial charge on any atom is -0.481 e. The molecule has 0 saturated heterocycles. The van der Waals surface area contributed by atoms with Crippen molar-refractivity contribution in [2.75, 3.05) is 0 Å². The Morgan fingerprint density at radius 2 is 0.892 bits per heavy atom. The van der Waals surface area contributed by atoms with Crippen LogP contribution >= 0.6 is 0 Å². The Morgan fingerprint density at radius 1 is 0.514 bits per heavy atom. The lowest BCUT2D eigenvalue weighted by atomic mass is 10.0. The van der Waals surface area contributed by atoms with Crippen molar-refractivity contribution in [1.29, 1.82) is 0 Å². The summed E-state index contributed by atoms with van der Waals surface area (Å²) in [5.41, 5.74) is 0. The van der Waals surface area contributed by atoms with Crippen molar-refractivity contribution < 1.29 is 24.2 Å². The molecular formula is C32H60O5. The molecule has 37 heavy (non-hydrogen) atoms. The lowest BCUT2D eigenvalue weighted by molar-refractivity contribution is -0.150. The molecule has 0 spiro atoms. The van der Waals surface area contributed by atoms with Crippen LogP contribution < -0.4 is 0 Å². The zero-order valence-electron chi connectivity index (χ0n) is 24.5. The second-order valence-corrected chi connectivity index (χ2v) is 11.0. The second-order valence-electron chi connectivity index (χ2n) is 11.0. The molecule has 0 aliphatic rings. The van der Waals surface area contributed by atoms with Gasteiger partial charge in [-0.2, -0.15) is 0 Å². The molecule has 0 atom stereocenters. The zero-order valence-corrected chi connectivity index (χ0v) is 24.5. The topological polar surface area (TPSA) is 80.7 Å². The summed E-state index contributed by atoms with van der Waals surface area (Å²) in [6.45, 7) is 4.49. The molecule has 218 valence electrons. The molecule has 0 aliphatic carbocycles. The third-order valence-electron chi connectivity index (χ3n) is 7.24. The van der Waals surface area contributed by atoms with Crippen LogP contribution in [0.15, 0.2) is 0 Å². The van der Waals surface area contributed by atoms with Crippen molar-refractivity contribution in [1.82, 2.24) is 0 Å². The average Bonchev–Trinajstić information content (AvgIpc) is 2.86. The molecule has 0 radical (unpaired) electrons. The first-order valence-electron chi connectivity index (χ1n) is 15.9. The van der Waals surface area contributed by atoms with Crippen molar-refractivity contribution in [3.8, 4) is 0 Å². The van der Waals surface area contributed by atoms with Gasteiger partial charge < -0.3 is 9.84 Å². The standard InChI is InChI=1S/C32H60O5/c1-3-5-7-9-13-19-25-30(26-20-14-10-8-6-4-2)37-32(36)28-22-15-11-12-17-23-29(33)24-18-16-21-27-31(34)35/h30H,3-28H2,1-2H3,(H,34,35). The number of ketones is 1. The molecule has 0 aromatic rings. The van der Waals surface area contributed by atoms with E-state index in [0.29, 0.717) is 31.5 Å². The van der Waals surface area contributed by atoms with Gasteiger partial charge in [-0.05, 0) is 51.4 Å². The maximum absolute atomic E-state index is 12.5. The highest BCUT2D eigenvalue weighted by Crippen LogP contribution is 2.18. The number of hydrogen-bond acceptors (Lipinski definition) is 4. The third-order valence-corrected chi connectivity index (χ3v) is 7.24. The van der Waals surface area contributed by atoms with Gasteiger partial charge in [0.15, 0.2) is 0 Å². The SMILES string of the molecule is CCCCCCCCC(CCCCCCCC)OC(=O)CCCCCCCC(=O)CCCCCC(=O)O. The first-order chi connectivity index (χ1) is 18.0. The number of rotatable bonds is 29. The number of unbranched alkanes of at least 4 members (excludes halogenated alkanes) is 16. The smallest absolute Gasteiger partial charge is 0.306 e. The molecule has 0 fully saturated rings. The molecule has 0 heterocycles. The second kappa shape index (κ2) is 27.6. The Morgan fingerprint density at radius 3 is 1.38 bits per heavy atom. The van der Waals surface area contributed by atoms with Crippen molar-refractivity contribution in [3.63, 3.8) is 0 Å². The highest BCUT2D eigenvalue weighted by molar-refractivity contribution is 5.78. The largest absolute Gasteiger partial charge is 0.481 e. The molecule has 5 heteroatoms. The van der Waals surface area contributed by atoms with Gasteiger partial charge in [0.25, 0.3) is 0 Å². The minimum absolute atomic E-state index is 0.0277. The first kappa shape index (κ1) is 35.6. The van der Waals surface area contributed by atoms with E-state index in [1.54, 1.807) is 0 Å². The van der Waals surface area contributed by atoms with Gasteiger partial charge in [0.1, 0.15) is 11.9 Å². The number of ether oxygens (including phenoxy) is 1. The van der Waals surface area contributed by atoms with Crippen LogP contribution in [0, 0.1) is 0 Å². The molecule has 0 rings (SSSR count). The lowest BCUT2D eigenvalue weighted by Gasteiger charge is -2.18. The maximum Gasteiger partial charge on any atom is 0.306 e. The summed E-state index contributed by atoms with van der Waals surface area (Å²) < 4.78 is 5.92. The molecule has 0 aromatic heterocycles. The fourth-order valence-electron chi connectivity index (χ4n) is 4.83. The summed E-state index contributed by atoms with van der Waals surface area (Å²) in [6, 6.07) is 0. The van der Waals surface area contributed by atoms with Crippen LogP contribution in [0.3, 0.4) is 0 Å². The molecule has 0 bridgehead atoms. The van der Waals surface area contributed by atoms with Gasteiger partial charge in [-0.3, -0.25) is 14.4 Å². The van der Waals surface area contributed by atoms with Gasteiger partial charge in [0.2, 0.25) is 0 Å². The molecule has 1 N–H and O–H groups in total. The molecule has 0 unspecified atom stereocenters. The Kier molecular flexibility index (Phi) is 26.6. The molecule has 5 nitrogen and oxygen atoms in total. The third kappa shape index (κ3) is 27.5. The fourth-order valence-corrected chi connectivity index (χ4v) is 4.83. The predicted molar refractivity (Wildman–Crippen MR) is 154 cm³/mol. The van der Waals surface area contributed by atoms with Crippen LogP contribution in [0.1, 0.15) is 181 Å². The summed E-state index contributed by atoms with van der Waals surface area (Å²) in [7, 11) is 0. The van der Waals surface area contributed by atoms with Gasteiger partial charge in [-0.1, -0.05) is 104 Å². The van der Waals surface area contributed by atoms with Crippen LogP contribution in [-0.2, 0) is 19.1 Å². The van der Waals surface area contributed by atoms with E-state index in [1.807, 2.05) is 0 Å². The molecule has 0 aromatic carbocycles. The van der Waals surface area contributed by atoms with Gasteiger partial charge in [-0.15, -0.1) is 0 Å². The van der Waals surface area contributed by atoms with Crippen LogP contribution in [-0.4, -0.2) is 28.9 Å². The van der Waals surface area contributed by atoms with E-state index < -0.39 is 5.97 Å². The van der Waals surface area contributed by atoms with Crippen molar-refractivity contribution in [2.45, 2.75) is 187 Å². The van der Waals surface area contributed by atoms with Crippen molar-refractivity contribution >= 4 is 17.7 Å². The zero-order chi connectivity index (χ0) is 27.4. The summed E-state index contributed by atoms with van der Waals surface area (Å²) in [5, 5.41) is 8.63. The van der Waals surface area contributed by atoms with Crippen molar-refractivity contribution in [3.05, 3.63) is 0 Å². The summed E-state index contributed by atoms with van der Waals surface area (Å²) in [5.74, 6) is -0.499. The number of Topliss-reactive ketones (excluding diaryl/α,β-unsaturated/α-hetero) is 1. The number of aliphatic carboxylic acids is 1. The normalized spacial score (nSPS) is 11.2. The lowest BCUT2D eigenvalue weighted by Crippen LogP contribution is -2.18. The number of esters is 1. The average molecular weight is 525 g/mol. The number of carboxylic acid groups (broad SMARTS) is 1. The molecule has 0 amide bonds. The van der Waals surface area contributed by atoms with Crippen LogP contribution in [0.4, 0.5) is 0 Å². The fraction of sp³-hybridized carbons (Fsp3) is 0.906. The van der Waals surface area contributed by atoms with E-state index in [1.165, 1.54) is 77.0 Å². The minimum atomic E-state index is -0.763. The number of carbonyl (C=O) groups excluding carboxylic acids is 2. The molecular weight excluding hydrogens is 464 g/mol. The quantitative estimate of drug-likeness (QED) is 0.0778. The number of carbonyl (C=O) groups is 3. The van der Waals surface area contributed by atoms with Crippen molar-refractivity contribution in [2.24, 2.45) is 0 Å². The van der Waals surface area contributed by atoms with Gasteiger partial charge in [-0.25, -0.2) is 0 Å². The highest BCUT2D eigenvalue weighted by Gasteiger charge is 2.14. The van der Waals surface area contributed by atoms with E-state index in [0.717, 1.165) is 57.8 Å². The van der Waals surface area contributed by atoms with E-state index >= 15 is 0 Å². The van der Waals surface area contributed by atoms with Gasteiger partial charge in [0, 0.05) is 25.7 Å². The number of hydrogen-bond donors (Lipinski definition) is 1. The van der Waals surface area contributed by atoms with E-state index in [9.17, 15) is 14.4 Å². The van der Waals surface area contributed by atoms with E-state index in [-0.39, 0.29) is 18.5 Å². The van der Waals surface area contributed by atoms with E-state index in [4.69, 9.17) is 9.84 Å². The predicted octanol–water partition coefficient (Wildman–Crippen LogP) is 9.73. The maximum atomic E-state index is 12.5. The summed E-state index contributed by atoms with van der Waals surface area (Å²) in [4.78, 5) is 34.9. The Balaban J connectivity index is 3.93. The van der Waals surface area contributed by atoms with Crippen LogP contribution in [0.5, 0.6) is 0 Å². The number of carboxylic acids is 1. The van der Waals surface area contributed by atoms with Gasteiger partial charge in [0.05, 0.1) is 0 Å². The highest BCUT2D eigenvalue weighted by atomic mass is 16.5.